The summed E-state index contributed by atoms with van der Waals surface area (Å²) >= 11 is 0. The van der Waals surface area contributed by atoms with Crippen molar-refractivity contribution < 1.29 is 0 Å². The van der Waals surface area contributed by atoms with Crippen molar-refractivity contribution in [2.24, 2.45) is 5.73 Å². The molecule has 0 amide bonds. The molecule has 2 heterocycles. The summed E-state index contributed by atoms with van der Waals surface area (Å²) < 4.78 is 2.01. The topological polar surface area (TPSA) is 93.5 Å². The lowest BCUT2D eigenvalue weighted by molar-refractivity contribution is 0.604. The molecule has 6 heteroatoms. The Bertz CT molecular complexity index is 942. The minimum atomic E-state index is 0.0625. The number of hydrogen-bond acceptors (Lipinski definition) is 4. The number of nitrogen functional groups attached to an aromatic ring is 1. The SMILES string of the molecule is CCCCc1nc(CCCC)n(Cc2ccc(-c3ccccc3C(=N)N)cn2)n1. The second-order valence-corrected chi connectivity index (χ2v) is 7.31. The van der Waals surface area contributed by atoms with Crippen molar-refractivity contribution in [1.29, 1.82) is 5.41 Å². The fourth-order valence-corrected chi connectivity index (χ4v) is 3.31. The molecule has 3 N–H and O–H groups in total. The second kappa shape index (κ2) is 9.96. The number of pyridine rings is 1. The molecule has 0 aliphatic carbocycles. The number of unbranched alkanes of at least 4 members (excludes halogenated alkanes) is 2. The number of aryl methyl sites for hydroxylation is 2. The van der Waals surface area contributed by atoms with Crippen LogP contribution in [0.1, 0.15) is 62.4 Å². The monoisotopic (exact) mass is 390 g/mol. The molecule has 0 fully saturated rings. The van der Waals surface area contributed by atoms with E-state index < -0.39 is 0 Å². The van der Waals surface area contributed by atoms with Crippen LogP contribution in [-0.4, -0.2) is 25.6 Å². The van der Waals surface area contributed by atoms with E-state index >= 15 is 0 Å². The number of nitrogens with two attached hydrogens (primary N) is 1. The van der Waals surface area contributed by atoms with Crippen molar-refractivity contribution >= 4 is 5.84 Å². The maximum absolute atomic E-state index is 7.78. The summed E-state index contributed by atoms with van der Waals surface area (Å²) in [4.78, 5) is 9.41. The third-order valence-electron chi connectivity index (χ3n) is 4.96. The molecule has 0 aliphatic heterocycles. The van der Waals surface area contributed by atoms with Crippen LogP contribution in [0.2, 0.25) is 0 Å². The Kier molecular flexibility index (Phi) is 7.11. The first kappa shape index (κ1) is 20.7. The molecule has 0 bridgehead atoms. The smallest absolute Gasteiger partial charge is 0.150 e. The quantitative estimate of drug-likeness (QED) is 0.397. The maximum atomic E-state index is 7.78. The highest BCUT2D eigenvalue weighted by atomic mass is 15.3. The molecule has 2 aromatic heterocycles. The first-order valence-corrected chi connectivity index (χ1v) is 10.4. The van der Waals surface area contributed by atoms with E-state index in [0.717, 1.165) is 72.6 Å². The first-order chi connectivity index (χ1) is 14.1. The lowest BCUT2D eigenvalue weighted by Crippen LogP contribution is -2.12. The van der Waals surface area contributed by atoms with Gasteiger partial charge in [0.05, 0.1) is 12.2 Å². The molecule has 3 aromatic rings. The molecule has 0 aliphatic rings. The Hall–Kier alpha value is -3.02. The van der Waals surface area contributed by atoms with Crippen molar-refractivity contribution in [3.05, 3.63) is 65.5 Å². The Morgan fingerprint density at radius 1 is 1.03 bits per heavy atom. The summed E-state index contributed by atoms with van der Waals surface area (Å²) in [6.45, 7) is 5.00. The molecule has 6 nitrogen and oxygen atoms in total. The number of nitrogens with zero attached hydrogens (tertiary/aromatic N) is 4. The lowest BCUT2D eigenvalue weighted by atomic mass is 10.0. The predicted molar refractivity (Wildman–Crippen MR) is 117 cm³/mol. The molecule has 152 valence electrons. The molecule has 1 aromatic carbocycles. The lowest BCUT2D eigenvalue weighted by Gasteiger charge is -2.09. The van der Waals surface area contributed by atoms with Crippen molar-refractivity contribution in [2.45, 2.75) is 58.9 Å². The zero-order valence-electron chi connectivity index (χ0n) is 17.4. The van der Waals surface area contributed by atoms with Crippen LogP contribution < -0.4 is 5.73 Å². The predicted octanol–water partition coefficient (Wildman–Crippen LogP) is 4.36. The standard InChI is InChI=1S/C23H30N6/c1-3-5-11-21-27-22(12-6-4-2)29(28-21)16-18-14-13-17(15-26-18)19-9-7-8-10-20(19)23(24)25/h7-10,13-15H,3-6,11-12,16H2,1-2H3,(H3,24,25). The van der Waals surface area contributed by atoms with Crippen molar-refractivity contribution in [1.82, 2.24) is 19.7 Å². The van der Waals surface area contributed by atoms with E-state index in [1.165, 1.54) is 0 Å². The molecule has 3 rings (SSSR count). The Morgan fingerprint density at radius 3 is 2.48 bits per heavy atom. The zero-order chi connectivity index (χ0) is 20.6. The van der Waals surface area contributed by atoms with Crippen LogP contribution in [0.15, 0.2) is 42.6 Å². The first-order valence-electron chi connectivity index (χ1n) is 10.4. The summed E-state index contributed by atoms with van der Waals surface area (Å²) in [5.74, 6) is 2.04. The molecule has 0 radical (unpaired) electrons. The molecule has 0 spiro atoms. The highest BCUT2D eigenvalue weighted by Crippen LogP contribution is 2.23. The van der Waals surface area contributed by atoms with Gasteiger partial charge in [-0.3, -0.25) is 10.4 Å². The summed E-state index contributed by atoms with van der Waals surface area (Å²) in [7, 11) is 0. The number of benzene rings is 1. The van der Waals surface area contributed by atoms with Crippen LogP contribution in [0.4, 0.5) is 0 Å². The van der Waals surface area contributed by atoms with Gasteiger partial charge in [0.15, 0.2) is 5.82 Å². The van der Waals surface area contributed by atoms with Gasteiger partial charge in [0.1, 0.15) is 11.7 Å². The molecule has 29 heavy (non-hydrogen) atoms. The van der Waals surface area contributed by atoms with Crippen molar-refractivity contribution in [3.8, 4) is 11.1 Å². The maximum Gasteiger partial charge on any atom is 0.150 e. The highest BCUT2D eigenvalue weighted by molar-refractivity contribution is 6.01. The van der Waals surface area contributed by atoms with Crippen LogP contribution in [-0.2, 0) is 19.4 Å². The second-order valence-electron chi connectivity index (χ2n) is 7.31. The Labute approximate surface area is 172 Å². The molecule has 0 unspecified atom stereocenters. The van der Waals surface area contributed by atoms with E-state index in [0.29, 0.717) is 6.54 Å². The van der Waals surface area contributed by atoms with Crippen molar-refractivity contribution in [3.63, 3.8) is 0 Å². The van der Waals surface area contributed by atoms with E-state index in [2.05, 4.69) is 18.8 Å². The summed E-state index contributed by atoms with van der Waals surface area (Å²) in [6.07, 6.45) is 8.22. The Balaban J connectivity index is 1.81. The largest absolute Gasteiger partial charge is 0.384 e. The number of aromatic nitrogens is 4. The van der Waals surface area contributed by atoms with Gasteiger partial charge >= 0.3 is 0 Å². The van der Waals surface area contributed by atoms with E-state index in [1.54, 1.807) is 0 Å². The minimum Gasteiger partial charge on any atom is -0.384 e. The van der Waals surface area contributed by atoms with Crippen LogP contribution in [0.5, 0.6) is 0 Å². The van der Waals surface area contributed by atoms with Gasteiger partial charge in [-0.25, -0.2) is 9.67 Å². The van der Waals surface area contributed by atoms with Crippen LogP contribution in [0.3, 0.4) is 0 Å². The molecular weight excluding hydrogens is 360 g/mol. The van der Waals surface area contributed by atoms with Crippen LogP contribution >= 0.6 is 0 Å². The third-order valence-corrected chi connectivity index (χ3v) is 4.96. The van der Waals surface area contributed by atoms with E-state index in [4.69, 9.17) is 21.2 Å². The van der Waals surface area contributed by atoms with E-state index in [9.17, 15) is 0 Å². The number of rotatable bonds is 10. The zero-order valence-corrected chi connectivity index (χ0v) is 17.4. The van der Waals surface area contributed by atoms with Crippen molar-refractivity contribution in [2.75, 3.05) is 0 Å². The van der Waals surface area contributed by atoms with E-state index in [-0.39, 0.29) is 5.84 Å². The van der Waals surface area contributed by atoms with Gasteiger partial charge in [0, 0.05) is 30.2 Å². The molecular formula is C23H30N6. The summed E-state index contributed by atoms with van der Waals surface area (Å²) in [5.41, 5.74) is 9.26. The number of hydrogen-bond donors (Lipinski definition) is 2. The highest BCUT2D eigenvalue weighted by Gasteiger charge is 2.12. The molecule has 0 saturated carbocycles. The average Bonchev–Trinajstić information content (AvgIpc) is 3.12. The summed E-state index contributed by atoms with van der Waals surface area (Å²) in [6, 6.07) is 11.7. The van der Waals surface area contributed by atoms with Gasteiger partial charge in [-0.05, 0) is 24.5 Å². The fraction of sp³-hybridized carbons (Fsp3) is 0.391. The molecule has 0 saturated heterocycles. The average molecular weight is 391 g/mol. The number of amidine groups is 1. The number of nitrogens with one attached hydrogen (secondary N) is 1. The van der Waals surface area contributed by atoms with Gasteiger partial charge in [-0.1, -0.05) is 57.0 Å². The summed E-state index contributed by atoms with van der Waals surface area (Å²) in [5, 5.41) is 12.5. The van der Waals surface area contributed by atoms with Gasteiger partial charge in [-0.2, -0.15) is 5.10 Å². The normalized spacial score (nSPS) is 11.0. The van der Waals surface area contributed by atoms with Gasteiger partial charge in [0.25, 0.3) is 0 Å². The van der Waals surface area contributed by atoms with Gasteiger partial charge in [-0.15, -0.1) is 0 Å². The van der Waals surface area contributed by atoms with Gasteiger partial charge < -0.3 is 5.73 Å². The fourth-order valence-electron chi connectivity index (χ4n) is 3.31. The Morgan fingerprint density at radius 2 is 1.79 bits per heavy atom. The van der Waals surface area contributed by atoms with Gasteiger partial charge in [0.2, 0.25) is 0 Å². The third kappa shape index (κ3) is 5.28. The molecule has 0 atom stereocenters. The van der Waals surface area contributed by atoms with Crippen LogP contribution in [0, 0.1) is 5.41 Å². The minimum absolute atomic E-state index is 0.0625. The van der Waals surface area contributed by atoms with E-state index in [1.807, 2.05) is 47.3 Å². The van der Waals surface area contributed by atoms with Crippen LogP contribution in [0.25, 0.3) is 11.1 Å².